The van der Waals surface area contributed by atoms with Gasteiger partial charge in [-0.25, -0.2) is 4.79 Å². The SMILES string of the molecule is CC(C)(C)CCC/C=C/C(=O)O. The normalized spacial score (nSPS) is 12.2. The molecular weight excluding hydrogens is 152 g/mol. The number of allylic oxidation sites excluding steroid dienone is 1. The minimum atomic E-state index is -0.856. The maximum atomic E-state index is 10.1. The van der Waals surface area contributed by atoms with Crippen molar-refractivity contribution < 1.29 is 9.90 Å². The fraction of sp³-hybridized carbons (Fsp3) is 0.700. The summed E-state index contributed by atoms with van der Waals surface area (Å²) in [7, 11) is 0. The van der Waals surface area contributed by atoms with Crippen molar-refractivity contribution >= 4 is 5.97 Å². The largest absolute Gasteiger partial charge is 0.478 e. The van der Waals surface area contributed by atoms with Gasteiger partial charge in [0.1, 0.15) is 0 Å². The molecule has 2 nitrogen and oxygen atoms in total. The molecule has 0 aromatic rings. The van der Waals surface area contributed by atoms with E-state index in [1.807, 2.05) is 0 Å². The van der Waals surface area contributed by atoms with E-state index >= 15 is 0 Å². The van der Waals surface area contributed by atoms with Crippen molar-refractivity contribution in [3.63, 3.8) is 0 Å². The predicted octanol–water partition coefficient (Wildman–Crippen LogP) is 2.84. The van der Waals surface area contributed by atoms with E-state index in [9.17, 15) is 4.79 Å². The van der Waals surface area contributed by atoms with Gasteiger partial charge in [0.05, 0.1) is 0 Å². The van der Waals surface area contributed by atoms with Gasteiger partial charge in [0.15, 0.2) is 0 Å². The van der Waals surface area contributed by atoms with Crippen LogP contribution in [0.15, 0.2) is 12.2 Å². The number of carbonyl (C=O) groups is 1. The predicted molar refractivity (Wildman–Crippen MR) is 50.1 cm³/mol. The van der Waals surface area contributed by atoms with Crippen molar-refractivity contribution in [1.29, 1.82) is 0 Å². The van der Waals surface area contributed by atoms with Crippen molar-refractivity contribution in [3.8, 4) is 0 Å². The van der Waals surface area contributed by atoms with Crippen LogP contribution < -0.4 is 0 Å². The van der Waals surface area contributed by atoms with Crippen molar-refractivity contribution in [2.45, 2.75) is 40.0 Å². The summed E-state index contributed by atoms with van der Waals surface area (Å²) in [6, 6.07) is 0. The monoisotopic (exact) mass is 170 g/mol. The lowest BCUT2D eigenvalue weighted by Crippen LogP contribution is -2.03. The number of aliphatic carboxylic acids is 1. The van der Waals surface area contributed by atoms with Gasteiger partial charge in [0.2, 0.25) is 0 Å². The van der Waals surface area contributed by atoms with Crippen molar-refractivity contribution in [1.82, 2.24) is 0 Å². The Kier molecular flexibility index (Phi) is 4.64. The Balaban J connectivity index is 3.40. The molecule has 0 aliphatic heterocycles. The molecule has 1 N–H and O–H groups in total. The smallest absolute Gasteiger partial charge is 0.327 e. The van der Waals surface area contributed by atoms with Gasteiger partial charge in [0, 0.05) is 6.08 Å². The van der Waals surface area contributed by atoms with Gasteiger partial charge in [-0.3, -0.25) is 0 Å². The van der Waals surface area contributed by atoms with E-state index in [-0.39, 0.29) is 0 Å². The van der Waals surface area contributed by atoms with Crippen LogP contribution in [0.1, 0.15) is 40.0 Å². The van der Waals surface area contributed by atoms with Crippen LogP contribution in [0.3, 0.4) is 0 Å². The van der Waals surface area contributed by atoms with Crippen LogP contribution in [0.4, 0.5) is 0 Å². The minimum absolute atomic E-state index is 0.358. The van der Waals surface area contributed by atoms with Crippen LogP contribution >= 0.6 is 0 Å². The summed E-state index contributed by atoms with van der Waals surface area (Å²) in [4.78, 5) is 10.1. The third kappa shape index (κ3) is 9.21. The standard InChI is InChI=1S/C10H18O2/c1-10(2,3)8-6-4-5-7-9(11)12/h5,7H,4,6,8H2,1-3H3,(H,11,12)/b7-5+. The maximum Gasteiger partial charge on any atom is 0.327 e. The second kappa shape index (κ2) is 4.96. The second-order valence-corrected chi connectivity index (χ2v) is 4.19. The molecule has 0 aliphatic rings. The lowest BCUT2D eigenvalue weighted by molar-refractivity contribution is -0.131. The maximum absolute atomic E-state index is 10.1. The van der Waals surface area contributed by atoms with Gasteiger partial charge in [-0.05, 0) is 24.7 Å². The quantitative estimate of drug-likeness (QED) is 0.520. The average Bonchev–Trinajstić information content (AvgIpc) is 1.83. The number of hydrogen-bond acceptors (Lipinski definition) is 1. The number of hydrogen-bond donors (Lipinski definition) is 1. The van der Waals surface area contributed by atoms with E-state index in [0.29, 0.717) is 5.41 Å². The van der Waals surface area contributed by atoms with E-state index in [4.69, 9.17) is 5.11 Å². The zero-order chi connectivity index (χ0) is 9.61. The highest BCUT2D eigenvalue weighted by molar-refractivity contribution is 5.79. The third-order valence-corrected chi connectivity index (χ3v) is 1.56. The Labute approximate surface area is 74.3 Å². The summed E-state index contributed by atoms with van der Waals surface area (Å²) < 4.78 is 0. The first-order valence-corrected chi connectivity index (χ1v) is 4.31. The molecule has 0 heterocycles. The fourth-order valence-electron chi connectivity index (χ4n) is 0.934. The molecule has 0 radical (unpaired) electrons. The molecule has 0 amide bonds. The van der Waals surface area contributed by atoms with Gasteiger partial charge in [-0.2, -0.15) is 0 Å². The van der Waals surface area contributed by atoms with Crippen molar-refractivity contribution in [2.24, 2.45) is 5.41 Å². The number of carboxylic acid groups (broad SMARTS) is 1. The minimum Gasteiger partial charge on any atom is -0.478 e. The molecule has 0 fully saturated rings. The zero-order valence-corrected chi connectivity index (χ0v) is 8.13. The van der Waals surface area contributed by atoms with Gasteiger partial charge < -0.3 is 5.11 Å². The van der Waals surface area contributed by atoms with Crippen LogP contribution in [0, 0.1) is 5.41 Å². The Morgan fingerprint density at radius 1 is 1.42 bits per heavy atom. The molecule has 0 rings (SSSR count). The molecule has 70 valence electrons. The Morgan fingerprint density at radius 2 is 2.00 bits per heavy atom. The summed E-state index contributed by atoms with van der Waals surface area (Å²) in [6.07, 6.45) is 5.99. The molecule has 0 saturated carbocycles. The Bertz CT molecular complexity index is 163. The van der Waals surface area contributed by atoms with Gasteiger partial charge >= 0.3 is 5.97 Å². The van der Waals surface area contributed by atoms with E-state index in [1.165, 1.54) is 6.08 Å². The molecule has 0 bridgehead atoms. The summed E-state index contributed by atoms with van der Waals surface area (Å²) >= 11 is 0. The average molecular weight is 170 g/mol. The van der Waals surface area contributed by atoms with Crippen LogP contribution in [-0.4, -0.2) is 11.1 Å². The Hall–Kier alpha value is -0.790. The second-order valence-electron chi connectivity index (χ2n) is 4.19. The summed E-state index contributed by atoms with van der Waals surface area (Å²) in [5, 5.41) is 8.29. The first-order chi connectivity index (χ1) is 5.42. The molecule has 0 atom stereocenters. The fourth-order valence-corrected chi connectivity index (χ4v) is 0.934. The first-order valence-electron chi connectivity index (χ1n) is 4.31. The summed E-state index contributed by atoms with van der Waals surface area (Å²) in [5.41, 5.74) is 0.358. The van der Waals surface area contributed by atoms with Gasteiger partial charge in [-0.1, -0.05) is 26.8 Å². The molecule has 2 heteroatoms. The number of unbranched alkanes of at least 4 members (excludes halogenated alkanes) is 1. The Morgan fingerprint density at radius 3 is 2.42 bits per heavy atom. The highest BCUT2D eigenvalue weighted by Gasteiger charge is 2.07. The molecule has 12 heavy (non-hydrogen) atoms. The number of carboxylic acids is 1. The highest BCUT2D eigenvalue weighted by atomic mass is 16.4. The molecule has 0 spiro atoms. The van der Waals surface area contributed by atoms with Crippen LogP contribution in [-0.2, 0) is 4.79 Å². The molecule has 0 aromatic carbocycles. The molecule has 0 aromatic heterocycles. The zero-order valence-electron chi connectivity index (χ0n) is 8.13. The topological polar surface area (TPSA) is 37.3 Å². The summed E-state index contributed by atoms with van der Waals surface area (Å²) in [6.45, 7) is 6.57. The lowest BCUT2D eigenvalue weighted by Gasteiger charge is -2.16. The number of rotatable bonds is 4. The molecule has 0 aliphatic carbocycles. The molecule has 0 saturated heterocycles. The van der Waals surface area contributed by atoms with Gasteiger partial charge in [0.25, 0.3) is 0 Å². The van der Waals surface area contributed by atoms with Crippen molar-refractivity contribution in [2.75, 3.05) is 0 Å². The van der Waals surface area contributed by atoms with E-state index < -0.39 is 5.97 Å². The van der Waals surface area contributed by atoms with Crippen LogP contribution in [0.25, 0.3) is 0 Å². The van der Waals surface area contributed by atoms with E-state index in [0.717, 1.165) is 19.3 Å². The lowest BCUT2D eigenvalue weighted by atomic mass is 9.90. The molecule has 0 unspecified atom stereocenters. The van der Waals surface area contributed by atoms with E-state index in [1.54, 1.807) is 6.08 Å². The molecular formula is C10H18O2. The summed E-state index contributed by atoms with van der Waals surface area (Å²) in [5.74, 6) is -0.856. The first kappa shape index (κ1) is 11.2. The third-order valence-electron chi connectivity index (χ3n) is 1.56. The van der Waals surface area contributed by atoms with E-state index in [2.05, 4.69) is 20.8 Å². The van der Waals surface area contributed by atoms with Crippen molar-refractivity contribution in [3.05, 3.63) is 12.2 Å². The van der Waals surface area contributed by atoms with Crippen LogP contribution in [0.2, 0.25) is 0 Å². The van der Waals surface area contributed by atoms with Crippen LogP contribution in [0.5, 0.6) is 0 Å². The highest BCUT2D eigenvalue weighted by Crippen LogP contribution is 2.21. The van der Waals surface area contributed by atoms with Gasteiger partial charge in [-0.15, -0.1) is 0 Å².